The predicted molar refractivity (Wildman–Crippen MR) is 76.5 cm³/mol. The first kappa shape index (κ1) is 15.7. The minimum absolute atomic E-state index is 0.114. The van der Waals surface area contributed by atoms with E-state index in [4.69, 9.17) is 9.84 Å². The summed E-state index contributed by atoms with van der Waals surface area (Å²) in [4.78, 5) is 10.8. The zero-order valence-electron chi connectivity index (χ0n) is 12.7. The van der Waals surface area contributed by atoms with Crippen LogP contribution in [0.25, 0.3) is 0 Å². The number of hydrogen-bond acceptors (Lipinski definition) is 2. The fraction of sp³-hybridized carbons (Fsp3) is 0.562. The molecule has 0 fully saturated rings. The van der Waals surface area contributed by atoms with Gasteiger partial charge in [0.2, 0.25) is 0 Å². The first-order valence-electron chi connectivity index (χ1n) is 6.58. The van der Waals surface area contributed by atoms with Crippen LogP contribution in [0.2, 0.25) is 0 Å². The predicted octanol–water partition coefficient (Wildman–Crippen LogP) is 3.59. The second-order valence-corrected chi connectivity index (χ2v) is 6.13. The van der Waals surface area contributed by atoms with Gasteiger partial charge in [-0.1, -0.05) is 32.9 Å². The van der Waals surface area contributed by atoms with Crippen LogP contribution in [0.4, 0.5) is 0 Å². The molecule has 0 aliphatic carbocycles. The van der Waals surface area contributed by atoms with Crippen LogP contribution in [0.15, 0.2) is 12.1 Å². The highest BCUT2D eigenvalue weighted by atomic mass is 16.5. The van der Waals surface area contributed by atoms with E-state index >= 15 is 0 Å². The topological polar surface area (TPSA) is 46.5 Å². The summed E-state index contributed by atoms with van der Waals surface area (Å²) in [6.45, 7) is 12.5. The van der Waals surface area contributed by atoms with Crippen LogP contribution in [0.3, 0.4) is 0 Å². The Bertz CT molecular complexity index is 446. The summed E-state index contributed by atoms with van der Waals surface area (Å²) in [6, 6.07) is 4.33. The van der Waals surface area contributed by atoms with E-state index in [0.717, 1.165) is 16.7 Å². The zero-order valence-corrected chi connectivity index (χ0v) is 12.7. The summed E-state index contributed by atoms with van der Waals surface area (Å²) in [5.41, 5.74) is 4.80. The van der Waals surface area contributed by atoms with Crippen molar-refractivity contribution < 1.29 is 14.6 Å². The molecule has 0 heterocycles. The van der Waals surface area contributed by atoms with E-state index in [9.17, 15) is 4.79 Å². The lowest BCUT2D eigenvalue weighted by atomic mass is 9.84. The molecule has 1 aromatic carbocycles. The number of aryl methyl sites for hydroxylation is 2. The molecule has 0 saturated carbocycles. The third-order valence-electron chi connectivity index (χ3n) is 3.39. The molecule has 1 rings (SSSR count). The Morgan fingerprint density at radius 3 is 2.11 bits per heavy atom. The van der Waals surface area contributed by atoms with Crippen molar-refractivity contribution in [2.24, 2.45) is 0 Å². The molecule has 0 bridgehead atoms. The molecule has 0 amide bonds. The Morgan fingerprint density at radius 2 is 1.74 bits per heavy atom. The van der Waals surface area contributed by atoms with Crippen molar-refractivity contribution in [2.45, 2.75) is 59.7 Å². The minimum atomic E-state index is -0.929. The number of hydrogen-bond donors (Lipinski definition) is 1. The van der Waals surface area contributed by atoms with Gasteiger partial charge in [-0.25, -0.2) is 4.79 Å². The molecule has 0 aliphatic heterocycles. The van der Waals surface area contributed by atoms with Crippen molar-refractivity contribution in [3.05, 3.63) is 34.4 Å². The van der Waals surface area contributed by atoms with Crippen LogP contribution < -0.4 is 0 Å². The van der Waals surface area contributed by atoms with Gasteiger partial charge in [-0.15, -0.1) is 0 Å². The van der Waals surface area contributed by atoms with E-state index in [1.165, 1.54) is 5.56 Å². The molecule has 1 atom stereocenters. The van der Waals surface area contributed by atoms with Gasteiger partial charge >= 0.3 is 5.97 Å². The summed E-state index contributed by atoms with van der Waals surface area (Å²) in [7, 11) is 0. The van der Waals surface area contributed by atoms with Crippen molar-refractivity contribution in [1.82, 2.24) is 0 Å². The number of carboxylic acid groups (broad SMARTS) is 1. The fourth-order valence-electron chi connectivity index (χ4n) is 1.93. The average molecular weight is 264 g/mol. The summed E-state index contributed by atoms with van der Waals surface area (Å²) < 4.78 is 5.38. The second kappa shape index (κ2) is 5.74. The maximum Gasteiger partial charge on any atom is 0.332 e. The molecule has 0 aromatic heterocycles. The van der Waals surface area contributed by atoms with Crippen LogP contribution in [-0.4, -0.2) is 17.2 Å². The smallest absolute Gasteiger partial charge is 0.332 e. The average Bonchev–Trinajstić information content (AvgIpc) is 2.25. The van der Waals surface area contributed by atoms with Crippen LogP contribution in [-0.2, 0) is 21.6 Å². The first-order valence-corrected chi connectivity index (χ1v) is 6.58. The molecule has 0 aliphatic rings. The molecule has 0 unspecified atom stereocenters. The normalized spacial score (nSPS) is 13.4. The molecule has 3 nitrogen and oxygen atoms in total. The SMILES string of the molecule is Cc1cc(C(C)(C)C)cc(C)c1CO[C@H](C)C(=O)O. The van der Waals surface area contributed by atoms with Crippen molar-refractivity contribution in [3.63, 3.8) is 0 Å². The van der Waals surface area contributed by atoms with E-state index in [-0.39, 0.29) is 5.41 Å². The van der Waals surface area contributed by atoms with Crippen molar-refractivity contribution >= 4 is 5.97 Å². The Hall–Kier alpha value is -1.35. The molecular weight excluding hydrogens is 240 g/mol. The van der Waals surface area contributed by atoms with Gasteiger partial charge in [0.1, 0.15) is 0 Å². The Kier molecular flexibility index (Phi) is 4.75. The highest BCUT2D eigenvalue weighted by Gasteiger charge is 2.17. The van der Waals surface area contributed by atoms with E-state index in [0.29, 0.717) is 6.61 Å². The molecule has 1 aromatic rings. The van der Waals surface area contributed by atoms with Gasteiger partial charge in [0.05, 0.1) is 6.61 Å². The molecule has 1 N–H and O–H groups in total. The van der Waals surface area contributed by atoms with Gasteiger partial charge in [0.25, 0.3) is 0 Å². The maximum atomic E-state index is 10.8. The highest BCUT2D eigenvalue weighted by Crippen LogP contribution is 2.27. The lowest BCUT2D eigenvalue weighted by Gasteiger charge is -2.22. The molecule has 106 valence electrons. The Morgan fingerprint density at radius 1 is 1.26 bits per heavy atom. The van der Waals surface area contributed by atoms with Gasteiger partial charge in [-0.05, 0) is 48.4 Å². The standard InChI is InChI=1S/C16H24O3/c1-10-7-13(16(4,5)6)8-11(2)14(10)9-19-12(3)15(17)18/h7-8,12H,9H2,1-6H3,(H,17,18)/t12-/m1/s1. The van der Waals surface area contributed by atoms with Crippen LogP contribution >= 0.6 is 0 Å². The lowest BCUT2D eigenvalue weighted by Crippen LogP contribution is -2.20. The van der Waals surface area contributed by atoms with Crippen LogP contribution in [0.5, 0.6) is 0 Å². The van der Waals surface area contributed by atoms with Gasteiger partial charge in [-0.3, -0.25) is 0 Å². The quantitative estimate of drug-likeness (QED) is 0.904. The van der Waals surface area contributed by atoms with E-state index in [2.05, 4.69) is 32.9 Å². The van der Waals surface area contributed by atoms with Crippen molar-refractivity contribution in [3.8, 4) is 0 Å². The molecule has 19 heavy (non-hydrogen) atoms. The highest BCUT2D eigenvalue weighted by molar-refractivity contribution is 5.71. The molecule has 3 heteroatoms. The largest absolute Gasteiger partial charge is 0.479 e. The lowest BCUT2D eigenvalue weighted by molar-refractivity contribution is -0.149. The molecule has 0 spiro atoms. The number of aliphatic carboxylic acids is 1. The first-order chi connectivity index (χ1) is 8.62. The van der Waals surface area contributed by atoms with Crippen LogP contribution in [0.1, 0.15) is 49.9 Å². The van der Waals surface area contributed by atoms with Gasteiger partial charge in [0.15, 0.2) is 6.10 Å². The number of carbonyl (C=O) groups is 1. The van der Waals surface area contributed by atoms with E-state index in [1.54, 1.807) is 6.92 Å². The summed E-state index contributed by atoms with van der Waals surface area (Å²) in [5.74, 6) is -0.929. The maximum absolute atomic E-state index is 10.8. The monoisotopic (exact) mass is 264 g/mol. The number of ether oxygens (including phenoxy) is 1. The molecule has 0 saturated heterocycles. The number of rotatable bonds is 4. The van der Waals surface area contributed by atoms with Gasteiger partial charge in [0, 0.05) is 0 Å². The van der Waals surface area contributed by atoms with Crippen molar-refractivity contribution in [2.75, 3.05) is 0 Å². The third-order valence-corrected chi connectivity index (χ3v) is 3.39. The van der Waals surface area contributed by atoms with E-state index < -0.39 is 12.1 Å². The zero-order chi connectivity index (χ0) is 14.8. The van der Waals surface area contributed by atoms with Crippen molar-refractivity contribution in [1.29, 1.82) is 0 Å². The fourth-order valence-corrected chi connectivity index (χ4v) is 1.93. The minimum Gasteiger partial charge on any atom is -0.479 e. The third kappa shape index (κ3) is 4.06. The summed E-state index contributed by atoms with van der Waals surface area (Å²) in [5, 5.41) is 8.82. The Labute approximate surface area is 115 Å². The van der Waals surface area contributed by atoms with Gasteiger partial charge < -0.3 is 9.84 Å². The summed E-state index contributed by atoms with van der Waals surface area (Å²) in [6.07, 6.45) is -0.777. The summed E-state index contributed by atoms with van der Waals surface area (Å²) >= 11 is 0. The number of benzene rings is 1. The van der Waals surface area contributed by atoms with Gasteiger partial charge in [-0.2, -0.15) is 0 Å². The van der Waals surface area contributed by atoms with Crippen LogP contribution in [0, 0.1) is 13.8 Å². The molecular formula is C16H24O3. The Balaban J connectivity index is 2.95. The molecule has 0 radical (unpaired) electrons. The van der Waals surface area contributed by atoms with E-state index in [1.807, 2.05) is 13.8 Å². The number of carboxylic acids is 1. The second-order valence-electron chi connectivity index (χ2n) is 6.13.